The molecule has 1 N–H and O–H groups in total. The predicted octanol–water partition coefficient (Wildman–Crippen LogP) is 4.19. The number of benzene rings is 2. The summed E-state index contributed by atoms with van der Waals surface area (Å²) in [5, 5.41) is 10.9. The number of methoxy groups -OCH3 is 1. The quantitative estimate of drug-likeness (QED) is 0.916. The Bertz CT molecular complexity index is 557. The molecule has 2 rings (SSSR count). The minimum Gasteiger partial charge on any atom is -0.496 e. The van der Waals surface area contributed by atoms with E-state index >= 15 is 0 Å². The second-order valence-corrected chi connectivity index (χ2v) is 5.13. The molecular weight excluding hydrogens is 316 g/mol. The summed E-state index contributed by atoms with van der Waals surface area (Å²) in [5.74, 6) is 0.643. The summed E-state index contributed by atoms with van der Waals surface area (Å²) in [6.45, 7) is 0. The third-order valence-electron chi connectivity index (χ3n) is 2.69. The monoisotopic (exact) mass is 326 g/mol. The molecule has 0 aliphatic rings. The van der Waals surface area contributed by atoms with E-state index in [1.165, 1.54) is 0 Å². The standard InChI is InChI=1S/C14H12BrClO2/c1-18-13-5-3-2-4-11(13)14(17)10-7-6-9(15)8-12(10)16/h2-8,14,17H,1H3. The van der Waals surface area contributed by atoms with E-state index in [4.69, 9.17) is 16.3 Å². The van der Waals surface area contributed by atoms with Crippen LogP contribution in [0.2, 0.25) is 5.02 Å². The van der Waals surface area contributed by atoms with Crippen LogP contribution >= 0.6 is 27.5 Å². The van der Waals surface area contributed by atoms with Gasteiger partial charge in [-0.15, -0.1) is 0 Å². The number of aliphatic hydroxyl groups is 1. The molecule has 0 fully saturated rings. The SMILES string of the molecule is COc1ccccc1C(O)c1ccc(Br)cc1Cl. The maximum absolute atomic E-state index is 10.4. The van der Waals surface area contributed by atoms with Gasteiger partial charge in [0.2, 0.25) is 0 Å². The van der Waals surface area contributed by atoms with Gasteiger partial charge >= 0.3 is 0 Å². The molecule has 0 aliphatic heterocycles. The van der Waals surface area contributed by atoms with Gasteiger partial charge in [-0.2, -0.15) is 0 Å². The lowest BCUT2D eigenvalue weighted by molar-refractivity contribution is 0.215. The second-order valence-electron chi connectivity index (χ2n) is 3.81. The molecule has 0 aromatic heterocycles. The van der Waals surface area contributed by atoms with Gasteiger partial charge in [-0.3, -0.25) is 0 Å². The fourth-order valence-corrected chi connectivity index (χ4v) is 2.56. The topological polar surface area (TPSA) is 29.5 Å². The minimum absolute atomic E-state index is 0.516. The Hall–Kier alpha value is -1.03. The molecule has 2 aromatic carbocycles. The number of aliphatic hydroxyl groups excluding tert-OH is 1. The van der Waals surface area contributed by atoms with Crippen molar-refractivity contribution in [1.82, 2.24) is 0 Å². The van der Waals surface area contributed by atoms with Crippen LogP contribution in [0, 0.1) is 0 Å². The molecule has 18 heavy (non-hydrogen) atoms. The molecule has 0 aliphatic carbocycles. The van der Waals surface area contributed by atoms with Gasteiger partial charge in [0.15, 0.2) is 0 Å². The van der Waals surface area contributed by atoms with Gasteiger partial charge in [0.1, 0.15) is 11.9 Å². The van der Waals surface area contributed by atoms with E-state index in [1.807, 2.05) is 30.3 Å². The lowest BCUT2D eigenvalue weighted by Crippen LogP contribution is -2.03. The van der Waals surface area contributed by atoms with Crippen LogP contribution < -0.4 is 4.74 Å². The first-order chi connectivity index (χ1) is 8.63. The highest BCUT2D eigenvalue weighted by molar-refractivity contribution is 9.10. The molecule has 1 unspecified atom stereocenters. The number of halogens is 2. The molecule has 2 nitrogen and oxygen atoms in total. The number of ether oxygens (including phenoxy) is 1. The summed E-state index contributed by atoms with van der Waals surface area (Å²) in [6, 6.07) is 12.7. The fraction of sp³-hybridized carbons (Fsp3) is 0.143. The Morgan fingerprint density at radius 3 is 2.56 bits per heavy atom. The summed E-state index contributed by atoms with van der Waals surface area (Å²) in [7, 11) is 1.58. The van der Waals surface area contributed by atoms with Gasteiger partial charge in [-0.1, -0.05) is 51.8 Å². The zero-order valence-electron chi connectivity index (χ0n) is 9.73. The third kappa shape index (κ3) is 2.69. The van der Waals surface area contributed by atoms with Crippen molar-refractivity contribution in [1.29, 1.82) is 0 Å². The second kappa shape index (κ2) is 5.74. The first kappa shape index (κ1) is 13.4. The van der Waals surface area contributed by atoms with E-state index in [-0.39, 0.29) is 0 Å². The molecule has 4 heteroatoms. The highest BCUT2D eigenvalue weighted by Crippen LogP contribution is 2.34. The maximum atomic E-state index is 10.4. The molecule has 0 spiro atoms. The van der Waals surface area contributed by atoms with Crippen molar-refractivity contribution in [2.45, 2.75) is 6.10 Å². The van der Waals surface area contributed by atoms with Crippen molar-refractivity contribution < 1.29 is 9.84 Å². The molecule has 0 radical (unpaired) electrons. The van der Waals surface area contributed by atoms with Crippen molar-refractivity contribution in [2.75, 3.05) is 7.11 Å². The average molecular weight is 328 g/mol. The van der Waals surface area contributed by atoms with Crippen molar-refractivity contribution in [3.8, 4) is 5.75 Å². The number of rotatable bonds is 3. The van der Waals surface area contributed by atoms with E-state index in [0.29, 0.717) is 21.9 Å². The van der Waals surface area contributed by atoms with Crippen LogP contribution in [0.25, 0.3) is 0 Å². The summed E-state index contributed by atoms with van der Waals surface area (Å²) in [6.07, 6.45) is -0.804. The first-order valence-corrected chi connectivity index (χ1v) is 6.56. The lowest BCUT2D eigenvalue weighted by Gasteiger charge is -2.16. The Morgan fingerprint density at radius 2 is 1.89 bits per heavy atom. The molecule has 0 saturated heterocycles. The maximum Gasteiger partial charge on any atom is 0.125 e. The van der Waals surface area contributed by atoms with Crippen LogP contribution in [-0.2, 0) is 0 Å². The summed E-state index contributed by atoms with van der Waals surface area (Å²) >= 11 is 9.48. The van der Waals surface area contributed by atoms with E-state index in [2.05, 4.69) is 15.9 Å². The van der Waals surface area contributed by atoms with E-state index in [1.54, 1.807) is 19.2 Å². The minimum atomic E-state index is -0.804. The van der Waals surface area contributed by atoms with Gasteiger partial charge in [-0.25, -0.2) is 0 Å². The molecule has 0 bridgehead atoms. The number of hydrogen-bond donors (Lipinski definition) is 1. The predicted molar refractivity (Wildman–Crippen MR) is 76.2 cm³/mol. The molecule has 1 atom stereocenters. The van der Waals surface area contributed by atoms with Gasteiger partial charge in [-0.05, 0) is 18.2 Å². The molecular formula is C14H12BrClO2. The summed E-state index contributed by atoms with van der Waals surface area (Å²) < 4.78 is 6.12. The number of hydrogen-bond acceptors (Lipinski definition) is 2. The zero-order chi connectivity index (χ0) is 13.1. The van der Waals surface area contributed by atoms with Gasteiger partial charge in [0, 0.05) is 20.6 Å². The van der Waals surface area contributed by atoms with E-state index < -0.39 is 6.10 Å². The van der Waals surface area contributed by atoms with E-state index in [0.717, 1.165) is 4.47 Å². The largest absolute Gasteiger partial charge is 0.496 e. The first-order valence-electron chi connectivity index (χ1n) is 5.39. The van der Waals surface area contributed by atoms with Crippen LogP contribution in [0.1, 0.15) is 17.2 Å². The van der Waals surface area contributed by atoms with Crippen LogP contribution in [0.5, 0.6) is 5.75 Å². The molecule has 94 valence electrons. The van der Waals surface area contributed by atoms with Gasteiger partial charge in [0.05, 0.1) is 7.11 Å². The van der Waals surface area contributed by atoms with Crippen LogP contribution in [0.4, 0.5) is 0 Å². The lowest BCUT2D eigenvalue weighted by atomic mass is 10.0. The van der Waals surface area contributed by atoms with Crippen LogP contribution in [0.3, 0.4) is 0 Å². The third-order valence-corrected chi connectivity index (χ3v) is 3.51. The summed E-state index contributed by atoms with van der Waals surface area (Å²) in [4.78, 5) is 0. The highest BCUT2D eigenvalue weighted by Gasteiger charge is 2.17. The van der Waals surface area contributed by atoms with E-state index in [9.17, 15) is 5.11 Å². The van der Waals surface area contributed by atoms with Gasteiger partial charge < -0.3 is 9.84 Å². The Kier molecular flexibility index (Phi) is 4.27. The molecule has 2 aromatic rings. The van der Waals surface area contributed by atoms with Crippen molar-refractivity contribution >= 4 is 27.5 Å². The van der Waals surface area contributed by atoms with Crippen LogP contribution in [0.15, 0.2) is 46.9 Å². The van der Waals surface area contributed by atoms with Crippen molar-refractivity contribution in [2.24, 2.45) is 0 Å². The average Bonchev–Trinajstić information content (AvgIpc) is 2.38. The Balaban J connectivity index is 2.44. The molecule has 0 amide bonds. The summed E-state index contributed by atoms with van der Waals surface area (Å²) in [5.41, 5.74) is 1.36. The normalized spacial score (nSPS) is 12.2. The smallest absolute Gasteiger partial charge is 0.125 e. The fourth-order valence-electron chi connectivity index (χ4n) is 1.78. The van der Waals surface area contributed by atoms with Crippen LogP contribution in [-0.4, -0.2) is 12.2 Å². The van der Waals surface area contributed by atoms with Crippen molar-refractivity contribution in [3.05, 3.63) is 63.1 Å². The molecule has 0 heterocycles. The van der Waals surface area contributed by atoms with Gasteiger partial charge in [0.25, 0.3) is 0 Å². The zero-order valence-corrected chi connectivity index (χ0v) is 12.1. The Morgan fingerprint density at radius 1 is 1.17 bits per heavy atom. The Labute approximate surface area is 119 Å². The highest BCUT2D eigenvalue weighted by atomic mass is 79.9. The number of para-hydroxylation sites is 1. The van der Waals surface area contributed by atoms with Crippen molar-refractivity contribution in [3.63, 3.8) is 0 Å². The molecule has 0 saturated carbocycles.